The molecule has 1 N–H and O–H groups in total. The fraction of sp³-hybridized carbons (Fsp3) is 0.300. The van der Waals surface area contributed by atoms with E-state index in [9.17, 15) is 4.79 Å². The number of imidazole rings is 1. The van der Waals surface area contributed by atoms with Crippen molar-refractivity contribution in [2.45, 2.75) is 32.9 Å². The van der Waals surface area contributed by atoms with Gasteiger partial charge in [-0.05, 0) is 49.2 Å². The largest absolute Gasteiger partial charge is 0.497 e. The normalized spacial score (nSPS) is 11.0. The molecule has 0 bridgehead atoms. The molecule has 0 saturated carbocycles. The summed E-state index contributed by atoms with van der Waals surface area (Å²) < 4.78 is 7.26. The van der Waals surface area contributed by atoms with Gasteiger partial charge in [0.1, 0.15) is 5.75 Å². The lowest BCUT2D eigenvalue weighted by Gasteiger charge is -2.10. The highest BCUT2D eigenvalue weighted by atomic mass is 16.5. The summed E-state index contributed by atoms with van der Waals surface area (Å²) in [6.45, 7) is 4.77. The van der Waals surface area contributed by atoms with Crippen LogP contribution in [0.1, 0.15) is 31.0 Å². The van der Waals surface area contributed by atoms with Crippen LogP contribution >= 0.6 is 0 Å². The Morgan fingerprint density at radius 1 is 1.16 bits per heavy atom. The molecule has 1 aromatic heterocycles. The predicted octanol–water partition coefficient (Wildman–Crippen LogP) is 3.48. The van der Waals surface area contributed by atoms with Gasteiger partial charge in [-0.1, -0.05) is 18.2 Å². The molecular formula is C20H23N3O2. The molecule has 2 aromatic carbocycles. The molecule has 0 saturated heterocycles. The maximum atomic E-state index is 12.2. The van der Waals surface area contributed by atoms with E-state index in [1.54, 1.807) is 7.11 Å². The molecule has 0 aliphatic rings. The topological polar surface area (TPSA) is 56.1 Å². The number of nitrogens with zero attached hydrogens (tertiary/aromatic N) is 2. The summed E-state index contributed by atoms with van der Waals surface area (Å²) in [6, 6.07) is 14.0. The Morgan fingerprint density at radius 3 is 2.56 bits per heavy atom. The predicted molar refractivity (Wildman–Crippen MR) is 98.7 cm³/mol. The van der Waals surface area contributed by atoms with Crippen LogP contribution in [0.2, 0.25) is 0 Å². The number of hydrogen-bond acceptors (Lipinski definition) is 3. The smallest absolute Gasteiger partial charge is 0.224 e. The first-order valence-electron chi connectivity index (χ1n) is 8.42. The van der Waals surface area contributed by atoms with E-state index in [-0.39, 0.29) is 5.91 Å². The van der Waals surface area contributed by atoms with E-state index in [0.29, 0.717) is 19.0 Å². The zero-order chi connectivity index (χ0) is 17.8. The van der Waals surface area contributed by atoms with E-state index in [0.717, 1.165) is 27.9 Å². The van der Waals surface area contributed by atoms with Gasteiger partial charge in [0.25, 0.3) is 0 Å². The van der Waals surface area contributed by atoms with Crippen molar-refractivity contribution in [3.63, 3.8) is 0 Å². The van der Waals surface area contributed by atoms with Crippen LogP contribution in [-0.2, 0) is 17.8 Å². The van der Waals surface area contributed by atoms with Gasteiger partial charge in [-0.3, -0.25) is 4.79 Å². The van der Waals surface area contributed by atoms with Gasteiger partial charge in [-0.25, -0.2) is 4.98 Å². The van der Waals surface area contributed by atoms with Gasteiger partial charge in [0, 0.05) is 12.6 Å². The SMILES string of the molecule is COc1ccc(CC(=O)NCc2ccc3ncn(C(C)C)c3c2)cc1. The van der Waals surface area contributed by atoms with Crippen LogP contribution in [0.3, 0.4) is 0 Å². The monoisotopic (exact) mass is 337 g/mol. The molecule has 3 rings (SSSR count). The summed E-state index contributed by atoms with van der Waals surface area (Å²) in [4.78, 5) is 16.6. The molecule has 0 unspecified atom stereocenters. The first-order valence-corrected chi connectivity index (χ1v) is 8.42. The van der Waals surface area contributed by atoms with Crippen molar-refractivity contribution in [1.29, 1.82) is 0 Å². The Labute approximate surface area is 147 Å². The van der Waals surface area contributed by atoms with Crippen LogP contribution in [0.5, 0.6) is 5.75 Å². The number of carbonyl (C=O) groups excluding carboxylic acids is 1. The summed E-state index contributed by atoms with van der Waals surface area (Å²) in [5, 5.41) is 2.98. The van der Waals surface area contributed by atoms with E-state index in [2.05, 4.69) is 34.8 Å². The molecule has 0 spiro atoms. The number of aromatic nitrogens is 2. The number of rotatable bonds is 6. The second-order valence-corrected chi connectivity index (χ2v) is 6.37. The summed E-state index contributed by atoms with van der Waals surface area (Å²) >= 11 is 0. The fourth-order valence-electron chi connectivity index (χ4n) is 2.78. The maximum absolute atomic E-state index is 12.2. The van der Waals surface area contributed by atoms with Crippen molar-refractivity contribution < 1.29 is 9.53 Å². The second-order valence-electron chi connectivity index (χ2n) is 6.37. The molecule has 5 heteroatoms. The summed E-state index contributed by atoms with van der Waals surface area (Å²) in [5.41, 5.74) is 4.10. The molecule has 5 nitrogen and oxygen atoms in total. The number of amides is 1. The van der Waals surface area contributed by atoms with Crippen LogP contribution < -0.4 is 10.1 Å². The molecule has 130 valence electrons. The van der Waals surface area contributed by atoms with Gasteiger partial charge in [0.05, 0.1) is 30.9 Å². The number of carbonyl (C=O) groups is 1. The zero-order valence-electron chi connectivity index (χ0n) is 14.8. The Bertz CT molecular complexity index is 866. The molecule has 25 heavy (non-hydrogen) atoms. The third-order valence-corrected chi connectivity index (χ3v) is 4.21. The minimum Gasteiger partial charge on any atom is -0.497 e. The molecule has 0 aliphatic carbocycles. The van der Waals surface area contributed by atoms with Crippen LogP contribution in [0.15, 0.2) is 48.8 Å². The van der Waals surface area contributed by atoms with Gasteiger partial charge in [-0.15, -0.1) is 0 Å². The Hall–Kier alpha value is -2.82. The lowest BCUT2D eigenvalue weighted by molar-refractivity contribution is -0.120. The quantitative estimate of drug-likeness (QED) is 0.749. The number of ether oxygens (including phenoxy) is 1. The second kappa shape index (κ2) is 7.38. The summed E-state index contributed by atoms with van der Waals surface area (Å²) in [7, 11) is 1.63. The standard InChI is InChI=1S/C20H23N3O2/c1-14(2)23-13-22-18-9-6-16(10-19(18)23)12-21-20(24)11-15-4-7-17(25-3)8-5-15/h4-10,13-14H,11-12H2,1-3H3,(H,21,24). The van der Waals surface area contributed by atoms with Crippen molar-refractivity contribution in [3.8, 4) is 5.75 Å². The molecule has 0 fully saturated rings. The van der Waals surface area contributed by atoms with Gasteiger partial charge in [0.2, 0.25) is 5.91 Å². The zero-order valence-corrected chi connectivity index (χ0v) is 14.8. The Balaban J connectivity index is 1.63. The summed E-state index contributed by atoms with van der Waals surface area (Å²) in [5.74, 6) is 0.793. The number of nitrogens with one attached hydrogen (secondary N) is 1. The van der Waals surface area contributed by atoms with E-state index in [1.165, 1.54) is 0 Å². The Morgan fingerprint density at radius 2 is 1.88 bits per heavy atom. The van der Waals surface area contributed by atoms with Crippen molar-refractivity contribution in [2.75, 3.05) is 7.11 Å². The van der Waals surface area contributed by atoms with Crippen LogP contribution in [0.4, 0.5) is 0 Å². The molecule has 0 atom stereocenters. The molecule has 3 aromatic rings. The minimum atomic E-state index is 0.00244. The van der Waals surface area contributed by atoms with E-state index >= 15 is 0 Å². The van der Waals surface area contributed by atoms with E-state index in [1.807, 2.05) is 42.7 Å². The lowest BCUT2D eigenvalue weighted by atomic mass is 10.1. The number of methoxy groups -OCH3 is 1. The molecular weight excluding hydrogens is 314 g/mol. The van der Waals surface area contributed by atoms with Crippen molar-refractivity contribution in [1.82, 2.24) is 14.9 Å². The van der Waals surface area contributed by atoms with Crippen LogP contribution in [-0.4, -0.2) is 22.6 Å². The van der Waals surface area contributed by atoms with Crippen molar-refractivity contribution in [2.24, 2.45) is 0 Å². The van der Waals surface area contributed by atoms with Crippen molar-refractivity contribution >= 4 is 16.9 Å². The third kappa shape index (κ3) is 3.99. The average molecular weight is 337 g/mol. The molecule has 1 heterocycles. The number of hydrogen-bond donors (Lipinski definition) is 1. The molecule has 0 radical (unpaired) electrons. The van der Waals surface area contributed by atoms with Crippen LogP contribution in [0, 0.1) is 0 Å². The lowest BCUT2D eigenvalue weighted by Crippen LogP contribution is -2.24. The highest BCUT2D eigenvalue weighted by Crippen LogP contribution is 2.19. The van der Waals surface area contributed by atoms with Gasteiger partial charge in [-0.2, -0.15) is 0 Å². The minimum absolute atomic E-state index is 0.00244. The average Bonchev–Trinajstić information content (AvgIpc) is 3.04. The summed E-state index contributed by atoms with van der Waals surface area (Å²) in [6.07, 6.45) is 2.22. The van der Waals surface area contributed by atoms with Gasteiger partial charge in [0.15, 0.2) is 0 Å². The van der Waals surface area contributed by atoms with Gasteiger partial charge >= 0.3 is 0 Å². The first-order chi connectivity index (χ1) is 12.1. The molecule has 0 aliphatic heterocycles. The number of fused-ring (bicyclic) bond motifs is 1. The molecule has 1 amide bonds. The van der Waals surface area contributed by atoms with Gasteiger partial charge < -0.3 is 14.6 Å². The maximum Gasteiger partial charge on any atom is 0.224 e. The highest BCUT2D eigenvalue weighted by Gasteiger charge is 2.08. The fourth-order valence-corrected chi connectivity index (χ4v) is 2.78. The third-order valence-electron chi connectivity index (χ3n) is 4.21. The first kappa shape index (κ1) is 17.0. The van der Waals surface area contributed by atoms with E-state index < -0.39 is 0 Å². The van der Waals surface area contributed by atoms with E-state index in [4.69, 9.17) is 4.74 Å². The highest BCUT2D eigenvalue weighted by molar-refractivity contribution is 5.79. The van der Waals surface area contributed by atoms with Crippen molar-refractivity contribution in [3.05, 3.63) is 59.9 Å². The Kier molecular flexibility index (Phi) is 5.03. The number of benzene rings is 2. The van der Waals surface area contributed by atoms with Crippen LogP contribution in [0.25, 0.3) is 11.0 Å².